The molecule has 1 aromatic carbocycles. The van der Waals surface area contributed by atoms with E-state index in [0.717, 1.165) is 55.1 Å². The minimum absolute atomic E-state index is 0.0184. The minimum Gasteiger partial charge on any atom is -0.466 e. The number of hydrogen-bond donors (Lipinski definition) is 0. The lowest BCUT2D eigenvalue weighted by atomic mass is 9.49. The molecule has 1 saturated heterocycles. The van der Waals surface area contributed by atoms with Crippen LogP contribution >= 0.6 is 35.4 Å². The summed E-state index contributed by atoms with van der Waals surface area (Å²) in [5, 5.41) is 11.1. The highest BCUT2D eigenvalue weighted by molar-refractivity contribution is 7.71. The van der Waals surface area contributed by atoms with E-state index in [-0.39, 0.29) is 17.3 Å². The lowest BCUT2D eigenvalue weighted by molar-refractivity contribution is -0.149. The van der Waals surface area contributed by atoms with Crippen molar-refractivity contribution in [2.75, 3.05) is 19.7 Å². The van der Waals surface area contributed by atoms with Crippen molar-refractivity contribution in [1.82, 2.24) is 19.4 Å². The number of piperidine rings is 1. The van der Waals surface area contributed by atoms with Gasteiger partial charge in [-0.25, -0.2) is 4.68 Å². The molecule has 4 bridgehead atoms. The molecule has 1 aromatic heterocycles. The molecular formula is C28H35Cl2N5O2S. The molecule has 204 valence electrons. The first-order valence-corrected chi connectivity index (χ1v) is 15.1. The predicted octanol–water partition coefficient (Wildman–Crippen LogP) is 6.30. The van der Waals surface area contributed by atoms with Crippen LogP contribution in [0.2, 0.25) is 10.0 Å². The zero-order valence-electron chi connectivity index (χ0n) is 21.8. The van der Waals surface area contributed by atoms with Crippen LogP contribution in [0.1, 0.15) is 69.7 Å². The summed E-state index contributed by atoms with van der Waals surface area (Å²) in [6, 6.07) is 5.51. The van der Waals surface area contributed by atoms with Crippen LogP contribution in [-0.2, 0) is 21.6 Å². The molecule has 4 saturated carbocycles. The summed E-state index contributed by atoms with van der Waals surface area (Å²) >= 11 is 18.4. The van der Waals surface area contributed by atoms with Gasteiger partial charge in [0.25, 0.3) is 0 Å². The summed E-state index contributed by atoms with van der Waals surface area (Å²) in [6.07, 6.45) is 11.0. The standard InChI is InChI=1S/C28H35Cl2N5O2S/c1-2-37-25(36)22-5-7-33(8-6-22)17-34-27(38)35(31-16-18-3-4-23(29)24(30)12-18)26(32-34)28-13-19-9-20(14-28)11-21(10-19)15-28/h3-4,12,16,19-22H,2,5-11,13-15,17H2,1H3/b31-16+. The van der Waals surface area contributed by atoms with Crippen molar-refractivity contribution in [3.63, 3.8) is 0 Å². The van der Waals surface area contributed by atoms with E-state index in [0.29, 0.717) is 28.1 Å². The number of nitrogens with zero attached hydrogens (tertiary/aromatic N) is 5. The van der Waals surface area contributed by atoms with Gasteiger partial charge >= 0.3 is 5.97 Å². The Bertz CT molecular complexity index is 1260. The van der Waals surface area contributed by atoms with Gasteiger partial charge in [-0.1, -0.05) is 29.3 Å². The van der Waals surface area contributed by atoms with Gasteiger partial charge < -0.3 is 4.74 Å². The monoisotopic (exact) mass is 575 g/mol. The van der Waals surface area contributed by atoms with Gasteiger partial charge in [-0.2, -0.15) is 14.9 Å². The Kier molecular flexibility index (Phi) is 7.44. The molecule has 7 rings (SSSR count). The second kappa shape index (κ2) is 10.7. The van der Waals surface area contributed by atoms with Gasteiger partial charge in [0.15, 0.2) is 5.82 Å². The topological polar surface area (TPSA) is 64.7 Å². The second-order valence-electron chi connectivity index (χ2n) is 11.8. The van der Waals surface area contributed by atoms with Crippen molar-refractivity contribution >= 4 is 47.6 Å². The number of halogens is 2. The van der Waals surface area contributed by atoms with Crippen molar-refractivity contribution < 1.29 is 9.53 Å². The Balaban J connectivity index is 1.29. The normalized spacial score (nSPS) is 29.4. The number of likely N-dealkylation sites (tertiary alicyclic amines) is 1. The number of benzene rings is 1. The first-order valence-electron chi connectivity index (χ1n) is 13.9. The van der Waals surface area contributed by atoms with Crippen molar-refractivity contribution in [2.24, 2.45) is 28.8 Å². The number of carbonyl (C=O) groups excluding carboxylic acids is 1. The maximum Gasteiger partial charge on any atom is 0.309 e. The van der Waals surface area contributed by atoms with E-state index in [1.165, 1.54) is 38.5 Å². The van der Waals surface area contributed by atoms with E-state index >= 15 is 0 Å². The van der Waals surface area contributed by atoms with Crippen molar-refractivity contribution in [2.45, 2.75) is 70.4 Å². The fraction of sp³-hybridized carbons (Fsp3) is 0.643. The maximum absolute atomic E-state index is 12.2. The van der Waals surface area contributed by atoms with Gasteiger partial charge in [0, 0.05) is 18.5 Å². The van der Waals surface area contributed by atoms with Crippen LogP contribution in [-0.4, -0.2) is 51.2 Å². The molecule has 0 N–H and O–H groups in total. The van der Waals surface area contributed by atoms with Crippen LogP contribution < -0.4 is 0 Å². The average molecular weight is 577 g/mol. The highest BCUT2D eigenvalue weighted by atomic mass is 35.5. The van der Waals surface area contributed by atoms with Crippen LogP contribution in [0.15, 0.2) is 23.3 Å². The molecule has 38 heavy (non-hydrogen) atoms. The van der Waals surface area contributed by atoms with Crippen LogP contribution in [0.3, 0.4) is 0 Å². The number of esters is 1. The fourth-order valence-electron chi connectivity index (χ4n) is 7.79. The van der Waals surface area contributed by atoms with Crippen LogP contribution in [0.4, 0.5) is 0 Å². The molecule has 0 unspecified atom stereocenters. The molecule has 0 atom stereocenters. The van der Waals surface area contributed by atoms with Crippen molar-refractivity contribution in [1.29, 1.82) is 0 Å². The molecule has 0 radical (unpaired) electrons. The number of hydrogen-bond acceptors (Lipinski definition) is 6. The van der Waals surface area contributed by atoms with E-state index in [1.807, 2.05) is 28.4 Å². The molecule has 5 aliphatic rings. The quantitative estimate of drug-likeness (QED) is 0.220. The molecule has 4 aliphatic carbocycles. The summed E-state index contributed by atoms with van der Waals surface area (Å²) in [6.45, 7) is 4.52. The number of carbonyl (C=O) groups is 1. The lowest BCUT2D eigenvalue weighted by Crippen LogP contribution is -2.49. The molecule has 5 fully saturated rings. The molecule has 2 heterocycles. The summed E-state index contributed by atoms with van der Waals surface area (Å²) < 4.78 is 9.71. The van der Waals surface area contributed by atoms with Gasteiger partial charge in [0.05, 0.1) is 35.5 Å². The maximum atomic E-state index is 12.2. The Morgan fingerprint density at radius 1 is 1.13 bits per heavy atom. The lowest BCUT2D eigenvalue weighted by Gasteiger charge is -2.55. The molecular weight excluding hydrogens is 541 g/mol. The van der Waals surface area contributed by atoms with Gasteiger partial charge in [-0.3, -0.25) is 9.69 Å². The third kappa shape index (κ3) is 5.09. The van der Waals surface area contributed by atoms with Crippen molar-refractivity contribution in [3.05, 3.63) is 44.4 Å². The zero-order valence-corrected chi connectivity index (χ0v) is 24.1. The SMILES string of the molecule is CCOC(=O)C1CCN(Cn2nc(C34CC5CC(CC(C5)C3)C4)n(/N=C/c3ccc(Cl)c(Cl)c3)c2=S)CC1. The van der Waals surface area contributed by atoms with Crippen molar-refractivity contribution in [3.8, 4) is 0 Å². The summed E-state index contributed by atoms with van der Waals surface area (Å²) in [7, 11) is 0. The number of ether oxygens (including phenoxy) is 1. The van der Waals surface area contributed by atoms with Crippen LogP contribution in [0.25, 0.3) is 0 Å². The third-order valence-electron chi connectivity index (χ3n) is 9.14. The molecule has 1 aliphatic heterocycles. The van der Waals surface area contributed by atoms with E-state index in [1.54, 1.807) is 12.3 Å². The summed E-state index contributed by atoms with van der Waals surface area (Å²) in [5.74, 6) is 3.28. The smallest absolute Gasteiger partial charge is 0.309 e. The summed E-state index contributed by atoms with van der Waals surface area (Å²) in [4.78, 5) is 14.5. The van der Waals surface area contributed by atoms with Gasteiger partial charge in [0.1, 0.15) is 0 Å². The Morgan fingerprint density at radius 3 is 2.39 bits per heavy atom. The number of rotatable bonds is 7. The number of aromatic nitrogens is 3. The van der Waals surface area contributed by atoms with E-state index in [4.69, 9.17) is 50.4 Å². The molecule has 2 aromatic rings. The molecule has 0 amide bonds. The zero-order chi connectivity index (χ0) is 26.4. The largest absolute Gasteiger partial charge is 0.466 e. The van der Waals surface area contributed by atoms with E-state index in [2.05, 4.69) is 4.90 Å². The summed E-state index contributed by atoms with van der Waals surface area (Å²) in [5.41, 5.74) is 0.908. The van der Waals surface area contributed by atoms with Gasteiger partial charge in [0.2, 0.25) is 4.77 Å². The van der Waals surface area contributed by atoms with E-state index < -0.39 is 0 Å². The highest BCUT2D eigenvalue weighted by Gasteiger charge is 2.54. The molecule has 7 nitrogen and oxygen atoms in total. The third-order valence-corrected chi connectivity index (χ3v) is 10.3. The average Bonchev–Trinajstić information content (AvgIpc) is 3.20. The minimum atomic E-state index is -0.0752. The fourth-order valence-corrected chi connectivity index (χ4v) is 8.33. The first kappa shape index (κ1) is 26.5. The van der Waals surface area contributed by atoms with Crippen LogP contribution in [0, 0.1) is 28.4 Å². The van der Waals surface area contributed by atoms with Crippen LogP contribution in [0.5, 0.6) is 0 Å². The Labute approximate surface area is 239 Å². The van der Waals surface area contributed by atoms with Gasteiger partial charge in [-0.05, 0) is 106 Å². The predicted molar refractivity (Wildman–Crippen MR) is 151 cm³/mol. The Hall–Kier alpha value is -1.74. The first-order chi connectivity index (χ1) is 18.3. The highest BCUT2D eigenvalue weighted by Crippen LogP contribution is 2.60. The molecule has 10 heteroatoms. The van der Waals surface area contributed by atoms with E-state index in [9.17, 15) is 4.79 Å². The Morgan fingerprint density at radius 2 is 1.79 bits per heavy atom. The second-order valence-corrected chi connectivity index (χ2v) is 13.0. The molecule has 0 spiro atoms. The van der Waals surface area contributed by atoms with Gasteiger partial charge in [-0.15, -0.1) is 0 Å².